The van der Waals surface area contributed by atoms with Crippen molar-refractivity contribution in [3.8, 4) is 0 Å². The minimum Gasteiger partial charge on any atom is -0.358 e. The Morgan fingerprint density at radius 2 is 1.83 bits per heavy atom. The molecule has 1 N–H and O–H groups in total. The average molecular weight is 348 g/mol. The Hall–Kier alpha value is -2.15. The summed E-state index contributed by atoms with van der Waals surface area (Å²) in [6.07, 6.45) is 2.64. The van der Waals surface area contributed by atoms with Gasteiger partial charge in [-0.1, -0.05) is 43.7 Å². The van der Waals surface area contributed by atoms with Gasteiger partial charge in [0.25, 0.3) is 0 Å². The molecule has 0 fully saturated rings. The molecule has 24 heavy (non-hydrogen) atoms. The van der Waals surface area contributed by atoms with Gasteiger partial charge in [-0.15, -0.1) is 10.2 Å². The molecule has 0 spiro atoms. The number of hydrogen-bond donors (Lipinski definition) is 1. The fraction of sp³-hybridized carbons (Fsp3) is 0.412. The monoisotopic (exact) mass is 348 g/mol. The molecule has 0 bridgehead atoms. The van der Waals surface area contributed by atoms with E-state index in [2.05, 4.69) is 21.8 Å². The first-order chi connectivity index (χ1) is 11.5. The average Bonchev–Trinajstić information content (AvgIpc) is 2.59. The molecule has 0 atom stereocenters. The van der Waals surface area contributed by atoms with Crippen LogP contribution in [0.25, 0.3) is 0 Å². The first-order valence-electron chi connectivity index (χ1n) is 8.09. The van der Waals surface area contributed by atoms with Crippen LogP contribution in [-0.2, 0) is 16.4 Å². The minimum absolute atomic E-state index is 0.0108. The van der Waals surface area contributed by atoms with E-state index in [0.29, 0.717) is 6.42 Å². The second kappa shape index (κ2) is 8.63. The molecule has 0 saturated carbocycles. The van der Waals surface area contributed by atoms with E-state index in [1.807, 2.05) is 42.3 Å². The number of aryl methyl sites for hydroxylation is 1. The van der Waals surface area contributed by atoms with Gasteiger partial charge in [-0.3, -0.25) is 4.72 Å². The first-order valence-corrected chi connectivity index (χ1v) is 9.74. The Kier molecular flexibility index (Phi) is 6.54. The first kappa shape index (κ1) is 18.2. The van der Waals surface area contributed by atoms with E-state index < -0.39 is 10.0 Å². The molecule has 0 saturated heterocycles. The summed E-state index contributed by atoms with van der Waals surface area (Å²) in [6, 6.07) is 12.9. The van der Waals surface area contributed by atoms with Gasteiger partial charge in [0, 0.05) is 13.6 Å². The summed E-state index contributed by atoms with van der Waals surface area (Å²) in [4.78, 5) is 2.00. The molecular weight excluding hydrogens is 324 g/mol. The molecule has 0 unspecified atom stereocenters. The van der Waals surface area contributed by atoms with Crippen molar-refractivity contribution in [1.29, 1.82) is 0 Å². The van der Waals surface area contributed by atoms with Crippen molar-refractivity contribution < 1.29 is 8.42 Å². The van der Waals surface area contributed by atoms with Crippen LogP contribution in [0.15, 0.2) is 42.5 Å². The van der Waals surface area contributed by atoms with Crippen molar-refractivity contribution >= 4 is 21.7 Å². The summed E-state index contributed by atoms with van der Waals surface area (Å²) in [5.74, 6) is 0.989. The molecule has 0 aliphatic carbocycles. The maximum Gasteiger partial charge on any atom is 0.234 e. The van der Waals surface area contributed by atoms with Crippen LogP contribution in [0.3, 0.4) is 0 Å². The van der Waals surface area contributed by atoms with Crippen LogP contribution in [0.5, 0.6) is 0 Å². The Balaban J connectivity index is 1.92. The smallest absolute Gasteiger partial charge is 0.234 e. The Bertz CT molecular complexity index is 718. The summed E-state index contributed by atoms with van der Waals surface area (Å²) in [5, 5.41) is 8.05. The quantitative estimate of drug-likeness (QED) is 0.754. The lowest BCUT2D eigenvalue weighted by atomic mass is 10.2. The van der Waals surface area contributed by atoms with Crippen molar-refractivity contribution in [2.45, 2.75) is 26.2 Å². The lowest BCUT2D eigenvalue weighted by Gasteiger charge is -2.17. The predicted octanol–water partition coefficient (Wildman–Crippen LogP) is 2.70. The molecule has 0 aliphatic heterocycles. The molecule has 2 aromatic rings. The molecule has 1 aromatic carbocycles. The van der Waals surface area contributed by atoms with Gasteiger partial charge in [0.15, 0.2) is 11.6 Å². The highest BCUT2D eigenvalue weighted by Gasteiger charge is 2.12. The minimum atomic E-state index is -3.45. The SMILES string of the molecule is CCCCN(C)c1ccc(NS(=O)(=O)CCc2ccccc2)nn1. The Morgan fingerprint density at radius 3 is 2.46 bits per heavy atom. The van der Waals surface area contributed by atoms with Crippen LogP contribution in [0.2, 0.25) is 0 Å². The maximum atomic E-state index is 12.1. The summed E-state index contributed by atoms with van der Waals surface area (Å²) in [7, 11) is -1.50. The summed E-state index contributed by atoms with van der Waals surface area (Å²) in [5.41, 5.74) is 0.988. The number of rotatable bonds is 9. The van der Waals surface area contributed by atoms with Gasteiger partial charge in [0.1, 0.15) is 0 Å². The van der Waals surface area contributed by atoms with E-state index in [-0.39, 0.29) is 11.6 Å². The highest BCUT2D eigenvalue weighted by atomic mass is 32.2. The highest BCUT2D eigenvalue weighted by molar-refractivity contribution is 7.92. The van der Waals surface area contributed by atoms with E-state index in [0.717, 1.165) is 30.8 Å². The van der Waals surface area contributed by atoms with Gasteiger partial charge in [-0.2, -0.15) is 0 Å². The fourth-order valence-electron chi connectivity index (χ4n) is 2.20. The standard InChI is InChI=1S/C17H24N4O2S/c1-3-4-13-21(2)17-11-10-16(18-19-17)20-24(22,23)14-12-15-8-6-5-7-9-15/h5-11H,3-4,12-14H2,1-2H3,(H,18,20). The molecule has 0 radical (unpaired) electrons. The molecule has 0 aliphatic rings. The number of aromatic nitrogens is 2. The molecule has 6 nitrogen and oxygen atoms in total. The van der Waals surface area contributed by atoms with Gasteiger partial charge in [0.2, 0.25) is 10.0 Å². The number of benzene rings is 1. The van der Waals surface area contributed by atoms with E-state index >= 15 is 0 Å². The van der Waals surface area contributed by atoms with Crippen LogP contribution < -0.4 is 9.62 Å². The van der Waals surface area contributed by atoms with Crippen molar-refractivity contribution in [3.05, 3.63) is 48.0 Å². The van der Waals surface area contributed by atoms with Crippen LogP contribution in [0, 0.1) is 0 Å². The number of hydrogen-bond acceptors (Lipinski definition) is 5. The Morgan fingerprint density at radius 1 is 1.08 bits per heavy atom. The molecule has 2 rings (SSSR count). The Labute approximate surface area is 144 Å². The third-order valence-electron chi connectivity index (χ3n) is 3.65. The molecule has 1 aromatic heterocycles. The second-order valence-corrected chi connectivity index (χ2v) is 7.55. The molecule has 0 amide bonds. The van der Waals surface area contributed by atoms with Gasteiger partial charge < -0.3 is 4.90 Å². The summed E-state index contributed by atoms with van der Waals surface area (Å²) < 4.78 is 26.8. The number of sulfonamides is 1. The van der Waals surface area contributed by atoms with Crippen molar-refractivity contribution in [2.24, 2.45) is 0 Å². The van der Waals surface area contributed by atoms with Crippen LogP contribution in [-0.4, -0.2) is 38.0 Å². The molecule has 1 heterocycles. The van der Waals surface area contributed by atoms with Crippen LogP contribution >= 0.6 is 0 Å². The fourth-order valence-corrected chi connectivity index (χ4v) is 3.23. The lowest BCUT2D eigenvalue weighted by molar-refractivity contribution is 0.600. The molecular formula is C17H24N4O2S. The van der Waals surface area contributed by atoms with Gasteiger partial charge in [-0.25, -0.2) is 8.42 Å². The third-order valence-corrected chi connectivity index (χ3v) is 4.91. The van der Waals surface area contributed by atoms with Crippen molar-refractivity contribution in [1.82, 2.24) is 10.2 Å². The zero-order valence-electron chi connectivity index (χ0n) is 14.1. The third kappa shape index (κ3) is 5.81. The number of anilines is 2. The van der Waals surface area contributed by atoms with Crippen molar-refractivity contribution in [2.75, 3.05) is 29.0 Å². The van der Waals surface area contributed by atoms with E-state index in [1.165, 1.54) is 0 Å². The summed E-state index contributed by atoms with van der Waals surface area (Å²) >= 11 is 0. The van der Waals surface area contributed by atoms with Crippen LogP contribution in [0.4, 0.5) is 11.6 Å². The predicted molar refractivity (Wildman–Crippen MR) is 97.8 cm³/mol. The van der Waals surface area contributed by atoms with E-state index in [9.17, 15) is 8.42 Å². The molecule has 130 valence electrons. The molecule has 7 heteroatoms. The topological polar surface area (TPSA) is 75.2 Å². The van der Waals surface area contributed by atoms with Crippen LogP contribution in [0.1, 0.15) is 25.3 Å². The van der Waals surface area contributed by atoms with Gasteiger partial charge in [0.05, 0.1) is 5.75 Å². The largest absolute Gasteiger partial charge is 0.358 e. The maximum absolute atomic E-state index is 12.1. The van der Waals surface area contributed by atoms with Crippen molar-refractivity contribution in [3.63, 3.8) is 0 Å². The van der Waals surface area contributed by atoms with Gasteiger partial charge in [-0.05, 0) is 30.5 Å². The number of nitrogens with zero attached hydrogens (tertiary/aromatic N) is 3. The lowest BCUT2D eigenvalue weighted by Crippen LogP contribution is -2.21. The zero-order valence-corrected chi connectivity index (χ0v) is 15.0. The van der Waals surface area contributed by atoms with E-state index in [4.69, 9.17) is 0 Å². The second-order valence-electron chi connectivity index (χ2n) is 5.71. The number of unbranched alkanes of at least 4 members (excludes halogenated alkanes) is 1. The van der Waals surface area contributed by atoms with E-state index in [1.54, 1.807) is 12.1 Å². The number of nitrogens with one attached hydrogen (secondary N) is 1. The zero-order chi connectivity index (χ0) is 17.4. The summed E-state index contributed by atoms with van der Waals surface area (Å²) in [6.45, 7) is 3.03. The highest BCUT2D eigenvalue weighted by Crippen LogP contribution is 2.12. The van der Waals surface area contributed by atoms with Gasteiger partial charge >= 0.3 is 0 Å². The normalized spacial score (nSPS) is 11.2.